The van der Waals surface area contributed by atoms with Crippen molar-refractivity contribution < 1.29 is 10.2 Å². The Labute approximate surface area is 154 Å². The first-order chi connectivity index (χ1) is 13.1. The fourth-order valence-corrected chi connectivity index (χ4v) is 2.03. The van der Waals surface area contributed by atoms with Gasteiger partial charge in [0.25, 0.3) is 0 Å². The minimum Gasteiger partial charge on any atom is -0.508 e. The van der Waals surface area contributed by atoms with Gasteiger partial charge in [-0.2, -0.15) is 25.2 Å². The van der Waals surface area contributed by atoms with Crippen molar-refractivity contribution in [2.75, 3.05) is 16.6 Å². The summed E-state index contributed by atoms with van der Waals surface area (Å²) >= 11 is 0. The molecule has 0 radical (unpaired) electrons. The number of nitrogen functional groups attached to an aromatic ring is 1. The first kappa shape index (κ1) is 17.6. The van der Waals surface area contributed by atoms with E-state index >= 15 is 0 Å². The van der Waals surface area contributed by atoms with Gasteiger partial charge in [0, 0.05) is 0 Å². The first-order valence-electron chi connectivity index (χ1n) is 7.76. The van der Waals surface area contributed by atoms with Crippen molar-refractivity contribution in [1.29, 1.82) is 0 Å². The van der Waals surface area contributed by atoms with Crippen LogP contribution in [0.2, 0.25) is 0 Å². The molecule has 0 fully saturated rings. The molecule has 0 unspecified atom stereocenters. The molecule has 1 aromatic heterocycles. The van der Waals surface area contributed by atoms with Crippen molar-refractivity contribution in [3.05, 3.63) is 59.7 Å². The zero-order chi connectivity index (χ0) is 19.1. The fourth-order valence-electron chi connectivity index (χ4n) is 2.03. The molecule has 0 atom stereocenters. The molecule has 10 heteroatoms. The molecule has 1 heterocycles. The van der Waals surface area contributed by atoms with Gasteiger partial charge in [0.1, 0.15) is 11.5 Å². The third-order valence-electron chi connectivity index (χ3n) is 3.15. The normalized spacial score (nSPS) is 11.1. The van der Waals surface area contributed by atoms with Gasteiger partial charge in [0.05, 0.1) is 12.4 Å². The average Bonchev–Trinajstić information content (AvgIpc) is 2.61. The molecule has 0 aliphatic rings. The average molecular weight is 364 g/mol. The van der Waals surface area contributed by atoms with Gasteiger partial charge >= 0.3 is 0 Å². The lowest BCUT2D eigenvalue weighted by Crippen LogP contribution is -2.06. The Morgan fingerprint density at radius 3 is 1.70 bits per heavy atom. The third-order valence-corrected chi connectivity index (χ3v) is 3.15. The van der Waals surface area contributed by atoms with Crippen molar-refractivity contribution in [1.82, 2.24) is 15.0 Å². The highest BCUT2D eigenvalue weighted by Gasteiger charge is 2.02. The van der Waals surface area contributed by atoms with Crippen LogP contribution in [0.1, 0.15) is 11.1 Å². The van der Waals surface area contributed by atoms with E-state index in [-0.39, 0.29) is 29.3 Å². The highest BCUT2D eigenvalue weighted by molar-refractivity contribution is 5.81. The largest absolute Gasteiger partial charge is 0.508 e. The number of anilines is 3. The lowest BCUT2D eigenvalue weighted by Gasteiger charge is -2.03. The summed E-state index contributed by atoms with van der Waals surface area (Å²) in [5.41, 5.74) is 12.3. The summed E-state index contributed by atoms with van der Waals surface area (Å²) in [4.78, 5) is 11.9. The van der Waals surface area contributed by atoms with Crippen LogP contribution in [0.15, 0.2) is 58.7 Å². The molecule has 2 aromatic carbocycles. The van der Waals surface area contributed by atoms with Crippen LogP contribution < -0.4 is 16.6 Å². The van der Waals surface area contributed by atoms with E-state index in [0.717, 1.165) is 0 Å². The maximum atomic E-state index is 9.42. The molecule has 0 aliphatic heterocycles. The van der Waals surface area contributed by atoms with Gasteiger partial charge in [-0.05, 0) is 35.4 Å². The molecular weight excluding hydrogens is 348 g/mol. The van der Waals surface area contributed by atoms with E-state index in [9.17, 15) is 10.2 Å². The maximum absolute atomic E-state index is 9.42. The van der Waals surface area contributed by atoms with Gasteiger partial charge in [0.2, 0.25) is 17.8 Å². The molecule has 0 aliphatic carbocycles. The van der Waals surface area contributed by atoms with Gasteiger partial charge in [-0.3, -0.25) is 0 Å². The van der Waals surface area contributed by atoms with Crippen molar-refractivity contribution >= 4 is 30.3 Å². The van der Waals surface area contributed by atoms with E-state index in [4.69, 9.17) is 5.73 Å². The van der Waals surface area contributed by atoms with E-state index < -0.39 is 0 Å². The lowest BCUT2D eigenvalue weighted by atomic mass is 10.2. The number of nitrogens with two attached hydrogens (primary N) is 1. The van der Waals surface area contributed by atoms with Gasteiger partial charge < -0.3 is 15.9 Å². The number of hydrogen-bond donors (Lipinski definition) is 5. The highest BCUT2D eigenvalue weighted by Crippen LogP contribution is 2.11. The molecule has 0 bridgehead atoms. The van der Waals surface area contributed by atoms with Crippen LogP contribution in [-0.4, -0.2) is 37.6 Å². The van der Waals surface area contributed by atoms with Crippen molar-refractivity contribution in [2.45, 2.75) is 0 Å². The summed E-state index contributed by atoms with van der Waals surface area (Å²) in [7, 11) is 0. The minimum absolute atomic E-state index is 0.0184. The van der Waals surface area contributed by atoms with Crippen LogP contribution in [0.4, 0.5) is 17.8 Å². The second-order valence-corrected chi connectivity index (χ2v) is 5.27. The Morgan fingerprint density at radius 1 is 0.778 bits per heavy atom. The number of hydrogen-bond acceptors (Lipinski definition) is 10. The first-order valence-corrected chi connectivity index (χ1v) is 7.76. The molecule has 0 saturated carbocycles. The molecule has 0 amide bonds. The number of aromatic nitrogens is 3. The zero-order valence-electron chi connectivity index (χ0n) is 14.0. The number of aromatic hydroxyl groups is 2. The SMILES string of the molecule is Nc1nc(NN=Cc2cccc(O)c2)nc(NN=Cc2cccc(O)c2)n1. The van der Waals surface area contributed by atoms with Crippen molar-refractivity contribution in [3.8, 4) is 11.5 Å². The van der Waals surface area contributed by atoms with E-state index in [0.29, 0.717) is 11.1 Å². The Kier molecular flexibility index (Phi) is 5.38. The quantitative estimate of drug-likeness (QED) is 0.327. The molecule has 0 saturated heterocycles. The summed E-state index contributed by atoms with van der Waals surface area (Å²) in [5, 5.41) is 26.8. The summed E-state index contributed by atoms with van der Waals surface area (Å²) in [5.74, 6) is 0.497. The zero-order valence-corrected chi connectivity index (χ0v) is 14.0. The number of nitrogens with one attached hydrogen (secondary N) is 2. The smallest absolute Gasteiger partial charge is 0.250 e. The third kappa shape index (κ3) is 5.39. The summed E-state index contributed by atoms with van der Waals surface area (Å²) in [6.07, 6.45) is 2.99. The van der Waals surface area contributed by atoms with Crippen LogP contribution >= 0.6 is 0 Å². The van der Waals surface area contributed by atoms with Crippen LogP contribution in [0.5, 0.6) is 11.5 Å². The Bertz CT molecular complexity index is 914. The molecule has 0 spiro atoms. The van der Waals surface area contributed by atoms with Crippen LogP contribution in [0, 0.1) is 0 Å². The standard InChI is InChI=1S/C17H16N8O2/c18-15-21-16(24-19-9-11-3-1-5-13(26)7-11)23-17(22-15)25-20-10-12-4-2-6-14(27)8-12/h1-10,26-27H,(H4,18,21,22,23,24,25). The van der Waals surface area contributed by atoms with Crippen molar-refractivity contribution in [3.63, 3.8) is 0 Å². The van der Waals surface area contributed by atoms with Gasteiger partial charge in [-0.1, -0.05) is 24.3 Å². The van der Waals surface area contributed by atoms with E-state index in [2.05, 4.69) is 36.0 Å². The Balaban J connectivity index is 1.65. The Morgan fingerprint density at radius 2 is 1.26 bits per heavy atom. The lowest BCUT2D eigenvalue weighted by molar-refractivity contribution is 0.474. The second-order valence-electron chi connectivity index (χ2n) is 5.27. The fraction of sp³-hybridized carbons (Fsp3) is 0. The van der Waals surface area contributed by atoms with Gasteiger partial charge in [-0.15, -0.1) is 0 Å². The Hall–Kier alpha value is -4.21. The molecule has 10 nitrogen and oxygen atoms in total. The number of phenolic OH excluding ortho intramolecular Hbond substituents is 2. The topological polar surface area (TPSA) is 154 Å². The molecule has 6 N–H and O–H groups in total. The number of nitrogens with zero attached hydrogens (tertiary/aromatic N) is 5. The maximum Gasteiger partial charge on any atom is 0.250 e. The molecule has 136 valence electrons. The molecular formula is C17H16N8O2. The number of hydrazone groups is 2. The van der Waals surface area contributed by atoms with Gasteiger partial charge in [0.15, 0.2) is 0 Å². The van der Waals surface area contributed by atoms with Crippen LogP contribution in [0.3, 0.4) is 0 Å². The van der Waals surface area contributed by atoms with Crippen LogP contribution in [0.25, 0.3) is 0 Å². The second kappa shape index (κ2) is 8.25. The minimum atomic E-state index is -0.0184. The number of phenols is 2. The molecule has 3 rings (SSSR count). The summed E-state index contributed by atoms with van der Waals surface area (Å²) in [6, 6.07) is 13.2. The van der Waals surface area contributed by atoms with E-state index in [1.165, 1.54) is 12.4 Å². The predicted octanol–water partition coefficient (Wildman–Crippen LogP) is 1.76. The van der Waals surface area contributed by atoms with Crippen LogP contribution in [-0.2, 0) is 0 Å². The van der Waals surface area contributed by atoms with E-state index in [1.54, 1.807) is 48.5 Å². The van der Waals surface area contributed by atoms with E-state index in [1.807, 2.05) is 0 Å². The number of benzene rings is 2. The molecule has 3 aromatic rings. The van der Waals surface area contributed by atoms with Crippen molar-refractivity contribution in [2.24, 2.45) is 10.2 Å². The molecule has 27 heavy (non-hydrogen) atoms. The summed E-state index contributed by atoms with van der Waals surface area (Å²) in [6.45, 7) is 0. The predicted molar refractivity (Wildman–Crippen MR) is 103 cm³/mol. The highest BCUT2D eigenvalue weighted by atomic mass is 16.3. The monoisotopic (exact) mass is 364 g/mol. The summed E-state index contributed by atoms with van der Waals surface area (Å²) < 4.78 is 0. The van der Waals surface area contributed by atoms with Gasteiger partial charge in [-0.25, -0.2) is 10.9 Å². The number of rotatable bonds is 6.